The van der Waals surface area contributed by atoms with E-state index in [2.05, 4.69) is 16.0 Å². The summed E-state index contributed by atoms with van der Waals surface area (Å²) in [6.07, 6.45) is -0.0796. The van der Waals surface area contributed by atoms with Crippen LogP contribution in [-0.4, -0.2) is 67.6 Å². The van der Waals surface area contributed by atoms with Crippen LogP contribution < -0.4 is 30.2 Å². The van der Waals surface area contributed by atoms with Gasteiger partial charge in [-0.25, -0.2) is 4.79 Å². The topological polar surface area (TPSA) is 121 Å². The Labute approximate surface area is 204 Å². The summed E-state index contributed by atoms with van der Waals surface area (Å²) in [5.41, 5.74) is 1.75. The molecule has 2 heterocycles. The van der Waals surface area contributed by atoms with Gasteiger partial charge >= 0.3 is 6.03 Å². The van der Waals surface area contributed by atoms with Gasteiger partial charge in [-0.2, -0.15) is 0 Å². The van der Waals surface area contributed by atoms with Crippen LogP contribution in [0.4, 0.5) is 16.2 Å². The van der Waals surface area contributed by atoms with Crippen LogP contribution in [-0.2, 0) is 11.2 Å². The predicted octanol–water partition coefficient (Wildman–Crippen LogP) is 2.43. The van der Waals surface area contributed by atoms with Crippen molar-refractivity contribution in [2.75, 3.05) is 44.2 Å². The molecule has 2 aliphatic rings. The molecule has 4 rings (SSSR count). The molecule has 0 bridgehead atoms. The first kappa shape index (κ1) is 24.6. The lowest BCUT2D eigenvalue weighted by molar-refractivity contribution is -0.134. The smallest absolute Gasteiger partial charge is 0.323 e. The van der Waals surface area contributed by atoms with Gasteiger partial charge < -0.3 is 40.2 Å². The SMILES string of the molecule is CNC[C@H]1Oc2ccc(NC(=O)Nc3ccc4c(c3)OCO4)cc2CC(=O)N([C@H](C)CO)C[C@@H]1C. The van der Waals surface area contributed by atoms with Crippen LogP contribution in [0.15, 0.2) is 36.4 Å². The summed E-state index contributed by atoms with van der Waals surface area (Å²) in [4.78, 5) is 27.5. The number of rotatable bonds is 6. The number of aliphatic hydroxyl groups is 1. The molecule has 3 amide bonds. The lowest BCUT2D eigenvalue weighted by Gasteiger charge is -2.32. The van der Waals surface area contributed by atoms with Crippen molar-refractivity contribution in [2.45, 2.75) is 32.4 Å². The third-order valence-electron chi connectivity index (χ3n) is 6.21. The Bertz CT molecular complexity index is 1080. The number of benzene rings is 2. The van der Waals surface area contributed by atoms with Crippen LogP contribution >= 0.6 is 0 Å². The molecule has 3 atom stereocenters. The Morgan fingerprint density at radius 3 is 2.51 bits per heavy atom. The van der Waals surface area contributed by atoms with E-state index in [0.29, 0.717) is 47.3 Å². The van der Waals surface area contributed by atoms with Gasteiger partial charge in [-0.15, -0.1) is 0 Å². The third-order valence-corrected chi connectivity index (χ3v) is 6.21. The standard InChI is InChI=1S/C25H32N4O6/c1-15-12-29(16(2)13-30)24(31)9-17-8-18(4-6-20(17)35-23(15)11-26-3)27-25(32)28-19-5-7-21-22(10-19)34-14-33-21/h4-8,10,15-16,23,26,30H,9,11-14H2,1-3H3,(H2,27,28,32)/t15-,16+,23+/m0/s1. The zero-order valence-electron chi connectivity index (χ0n) is 20.2. The molecule has 0 radical (unpaired) electrons. The fourth-order valence-electron chi connectivity index (χ4n) is 4.22. The number of likely N-dealkylation sites (N-methyl/N-ethyl adjacent to an activating group) is 1. The van der Waals surface area contributed by atoms with Crippen molar-refractivity contribution in [3.05, 3.63) is 42.0 Å². The number of aliphatic hydroxyl groups excluding tert-OH is 1. The lowest BCUT2D eigenvalue weighted by Crippen LogP contribution is -2.47. The molecule has 2 aromatic rings. The summed E-state index contributed by atoms with van der Waals surface area (Å²) in [7, 11) is 1.86. The molecule has 2 aromatic carbocycles. The number of hydrogen-bond donors (Lipinski definition) is 4. The maximum atomic E-state index is 13.2. The minimum Gasteiger partial charge on any atom is -0.488 e. The average molecular weight is 485 g/mol. The van der Waals surface area contributed by atoms with Gasteiger partial charge in [0.1, 0.15) is 11.9 Å². The molecule has 2 aliphatic heterocycles. The van der Waals surface area contributed by atoms with Crippen LogP contribution in [0, 0.1) is 5.92 Å². The number of urea groups is 1. The normalized spacial score (nSPS) is 20.1. The fourth-order valence-corrected chi connectivity index (χ4v) is 4.22. The van der Waals surface area contributed by atoms with Gasteiger partial charge in [0.2, 0.25) is 12.7 Å². The highest BCUT2D eigenvalue weighted by Crippen LogP contribution is 2.34. The second kappa shape index (κ2) is 10.8. The molecule has 0 aromatic heterocycles. The molecule has 0 unspecified atom stereocenters. The van der Waals surface area contributed by atoms with E-state index in [1.54, 1.807) is 41.3 Å². The Kier molecular flexibility index (Phi) is 7.62. The van der Waals surface area contributed by atoms with Gasteiger partial charge in [0, 0.05) is 42.0 Å². The van der Waals surface area contributed by atoms with E-state index in [0.717, 1.165) is 0 Å². The maximum absolute atomic E-state index is 13.2. The summed E-state index contributed by atoms with van der Waals surface area (Å²) in [5, 5.41) is 18.4. The number of fused-ring (bicyclic) bond motifs is 2. The Balaban J connectivity index is 1.53. The average Bonchev–Trinajstić information content (AvgIpc) is 3.31. The maximum Gasteiger partial charge on any atom is 0.323 e. The summed E-state index contributed by atoms with van der Waals surface area (Å²) >= 11 is 0. The summed E-state index contributed by atoms with van der Waals surface area (Å²) in [5.74, 6) is 1.74. The molecular formula is C25H32N4O6. The van der Waals surface area contributed by atoms with Crippen molar-refractivity contribution in [1.29, 1.82) is 0 Å². The van der Waals surface area contributed by atoms with Crippen LogP contribution in [0.1, 0.15) is 19.4 Å². The number of amides is 3. The monoisotopic (exact) mass is 484 g/mol. The Morgan fingerprint density at radius 2 is 1.80 bits per heavy atom. The van der Waals surface area contributed by atoms with Crippen molar-refractivity contribution in [1.82, 2.24) is 10.2 Å². The molecule has 0 fully saturated rings. The van der Waals surface area contributed by atoms with Crippen molar-refractivity contribution >= 4 is 23.3 Å². The van der Waals surface area contributed by atoms with Crippen molar-refractivity contribution in [3.8, 4) is 17.2 Å². The van der Waals surface area contributed by atoms with E-state index < -0.39 is 6.03 Å². The lowest BCUT2D eigenvalue weighted by atomic mass is 10.0. The first-order valence-corrected chi connectivity index (χ1v) is 11.7. The van der Waals surface area contributed by atoms with E-state index in [-0.39, 0.29) is 43.8 Å². The van der Waals surface area contributed by atoms with Crippen LogP contribution in [0.2, 0.25) is 0 Å². The second-order valence-corrected chi connectivity index (χ2v) is 8.92. The van der Waals surface area contributed by atoms with Gasteiger partial charge in [0.25, 0.3) is 0 Å². The number of anilines is 2. The largest absolute Gasteiger partial charge is 0.488 e. The van der Waals surface area contributed by atoms with E-state index in [1.807, 2.05) is 20.9 Å². The van der Waals surface area contributed by atoms with Crippen LogP contribution in [0.5, 0.6) is 17.2 Å². The number of nitrogens with one attached hydrogen (secondary N) is 3. The second-order valence-electron chi connectivity index (χ2n) is 8.92. The first-order chi connectivity index (χ1) is 16.9. The van der Waals surface area contributed by atoms with Crippen LogP contribution in [0.3, 0.4) is 0 Å². The highest BCUT2D eigenvalue weighted by molar-refractivity contribution is 6.00. The van der Waals surface area contributed by atoms with E-state index in [4.69, 9.17) is 14.2 Å². The van der Waals surface area contributed by atoms with E-state index >= 15 is 0 Å². The molecule has 0 aliphatic carbocycles. The summed E-state index contributed by atoms with van der Waals surface area (Å²) in [6.45, 7) is 4.98. The molecule has 35 heavy (non-hydrogen) atoms. The number of nitrogens with zero attached hydrogens (tertiary/aromatic N) is 1. The number of ether oxygens (including phenoxy) is 3. The summed E-state index contributed by atoms with van der Waals surface area (Å²) < 4.78 is 17.0. The van der Waals surface area contributed by atoms with Gasteiger partial charge in [-0.05, 0) is 44.3 Å². The molecular weight excluding hydrogens is 452 g/mol. The van der Waals surface area contributed by atoms with Crippen molar-refractivity contribution < 1.29 is 28.9 Å². The molecule has 4 N–H and O–H groups in total. The van der Waals surface area contributed by atoms with Gasteiger partial charge in [0.05, 0.1) is 19.1 Å². The third kappa shape index (κ3) is 5.77. The minimum atomic E-state index is -0.434. The first-order valence-electron chi connectivity index (χ1n) is 11.7. The predicted molar refractivity (Wildman–Crippen MR) is 131 cm³/mol. The van der Waals surface area contributed by atoms with Gasteiger partial charge in [-0.3, -0.25) is 4.79 Å². The highest BCUT2D eigenvalue weighted by atomic mass is 16.7. The Hall–Kier alpha value is -3.50. The minimum absolute atomic E-state index is 0.0385. The molecule has 10 nitrogen and oxygen atoms in total. The molecule has 0 saturated heterocycles. The van der Waals surface area contributed by atoms with Crippen molar-refractivity contribution in [3.63, 3.8) is 0 Å². The van der Waals surface area contributed by atoms with Crippen molar-refractivity contribution in [2.24, 2.45) is 5.92 Å². The fraction of sp³-hybridized carbons (Fsp3) is 0.440. The zero-order chi connectivity index (χ0) is 24.9. The summed E-state index contributed by atoms with van der Waals surface area (Å²) in [6, 6.07) is 9.68. The quantitative estimate of drug-likeness (QED) is 0.497. The molecule has 0 spiro atoms. The van der Waals surface area contributed by atoms with Gasteiger partial charge in [-0.1, -0.05) is 6.92 Å². The molecule has 188 valence electrons. The Morgan fingerprint density at radius 1 is 1.11 bits per heavy atom. The number of hydrogen-bond acceptors (Lipinski definition) is 7. The van der Waals surface area contributed by atoms with E-state index in [9.17, 15) is 14.7 Å². The molecule has 10 heteroatoms. The van der Waals surface area contributed by atoms with E-state index in [1.165, 1.54) is 0 Å². The van der Waals surface area contributed by atoms with Gasteiger partial charge in [0.15, 0.2) is 11.5 Å². The molecule has 0 saturated carbocycles. The van der Waals surface area contributed by atoms with Crippen LogP contribution in [0.25, 0.3) is 0 Å². The number of carbonyl (C=O) groups is 2. The number of carbonyl (C=O) groups excluding carboxylic acids is 2. The zero-order valence-corrected chi connectivity index (χ0v) is 20.2. The highest BCUT2D eigenvalue weighted by Gasteiger charge is 2.30.